The Morgan fingerprint density at radius 2 is 1.88 bits per heavy atom. The Kier molecular flexibility index (Phi) is 9.44. The van der Waals surface area contributed by atoms with Crippen molar-refractivity contribution >= 4 is 23.8 Å². The van der Waals surface area contributed by atoms with Crippen molar-refractivity contribution < 1.29 is 24.2 Å². The topological polar surface area (TPSA) is 143 Å². The number of aliphatic imine (C=N–C) groups is 1. The van der Waals surface area contributed by atoms with Crippen molar-refractivity contribution in [1.82, 2.24) is 10.6 Å². The number of carboxylic acids is 1. The van der Waals surface area contributed by atoms with Crippen molar-refractivity contribution in [3.05, 3.63) is 0 Å². The number of nitrogens with one attached hydrogen (secondary N) is 2. The lowest BCUT2D eigenvalue weighted by Crippen LogP contribution is -2.49. The van der Waals surface area contributed by atoms with Gasteiger partial charge in [-0.2, -0.15) is 0 Å². The standard InChI is InChI=1S/C15H28N4O5/c1-10(16)17-8-6-5-7-11(13(22)18-9-12(20)21)19-14(23)24-15(2,3)4/h11H,5-9H2,1-4H3,(H2,16,17)(H,18,22)(H,19,23)(H,20,21). The van der Waals surface area contributed by atoms with E-state index in [-0.39, 0.29) is 0 Å². The second-order valence-electron chi connectivity index (χ2n) is 6.33. The van der Waals surface area contributed by atoms with Gasteiger partial charge < -0.3 is 26.2 Å². The fraction of sp³-hybridized carbons (Fsp3) is 0.733. The van der Waals surface area contributed by atoms with Gasteiger partial charge in [0, 0.05) is 6.54 Å². The van der Waals surface area contributed by atoms with Crippen LogP contribution >= 0.6 is 0 Å². The van der Waals surface area contributed by atoms with Crippen LogP contribution in [0.25, 0.3) is 0 Å². The number of nitrogens with two attached hydrogens (primary N) is 1. The molecule has 0 aliphatic heterocycles. The summed E-state index contributed by atoms with van der Waals surface area (Å²) in [6.07, 6.45) is 0.906. The van der Waals surface area contributed by atoms with Crippen LogP contribution in [0.3, 0.4) is 0 Å². The molecule has 0 aliphatic rings. The van der Waals surface area contributed by atoms with Gasteiger partial charge in [0.2, 0.25) is 5.91 Å². The van der Waals surface area contributed by atoms with Crippen LogP contribution in [-0.4, -0.2) is 53.6 Å². The molecule has 24 heavy (non-hydrogen) atoms. The van der Waals surface area contributed by atoms with Gasteiger partial charge in [0.25, 0.3) is 0 Å². The second-order valence-corrected chi connectivity index (χ2v) is 6.33. The Labute approximate surface area is 142 Å². The third-order valence-electron chi connectivity index (χ3n) is 2.68. The fourth-order valence-electron chi connectivity index (χ4n) is 1.72. The van der Waals surface area contributed by atoms with E-state index in [1.54, 1.807) is 27.7 Å². The molecular formula is C15H28N4O5. The lowest BCUT2D eigenvalue weighted by Gasteiger charge is -2.23. The number of carbonyl (C=O) groups is 3. The van der Waals surface area contributed by atoms with Gasteiger partial charge in [-0.1, -0.05) is 0 Å². The first-order chi connectivity index (χ1) is 11.0. The van der Waals surface area contributed by atoms with Crippen LogP contribution < -0.4 is 16.4 Å². The molecule has 0 saturated carbocycles. The van der Waals surface area contributed by atoms with Gasteiger partial charge in [-0.25, -0.2) is 4.79 Å². The number of carboxylic acid groups (broad SMARTS) is 1. The first-order valence-corrected chi connectivity index (χ1v) is 7.77. The number of rotatable bonds is 9. The molecule has 2 amide bonds. The van der Waals surface area contributed by atoms with Gasteiger partial charge in [-0.05, 0) is 47.0 Å². The van der Waals surface area contributed by atoms with E-state index in [2.05, 4.69) is 15.6 Å². The summed E-state index contributed by atoms with van der Waals surface area (Å²) in [6.45, 7) is 6.82. The van der Waals surface area contributed by atoms with E-state index in [0.717, 1.165) is 0 Å². The Morgan fingerprint density at radius 1 is 1.25 bits per heavy atom. The van der Waals surface area contributed by atoms with E-state index in [1.807, 2.05) is 0 Å². The molecule has 0 heterocycles. The number of nitrogens with zero attached hydrogens (tertiary/aromatic N) is 1. The van der Waals surface area contributed by atoms with Crippen molar-refractivity contribution in [2.45, 2.75) is 58.6 Å². The summed E-state index contributed by atoms with van der Waals surface area (Å²) in [7, 11) is 0. The average Bonchev–Trinajstić information content (AvgIpc) is 2.40. The number of amidine groups is 1. The van der Waals surface area contributed by atoms with Crippen LogP contribution in [0.4, 0.5) is 4.79 Å². The molecule has 0 fully saturated rings. The van der Waals surface area contributed by atoms with Crippen molar-refractivity contribution in [2.75, 3.05) is 13.1 Å². The zero-order valence-electron chi connectivity index (χ0n) is 14.7. The van der Waals surface area contributed by atoms with Gasteiger partial charge in [-0.15, -0.1) is 0 Å². The van der Waals surface area contributed by atoms with E-state index in [9.17, 15) is 14.4 Å². The van der Waals surface area contributed by atoms with E-state index in [4.69, 9.17) is 15.6 Å². The van der Waals surface area contributed by atoms with Gasteiger partial charge in [-0.3, -0.25) is 14.6 Å². The zero-order chi connectivity index (χ0) is 18.8. The number of aliphatic carboxylic acids is 1. The van der Waals surface area contributed by atoms with E-state index >= 15 is 0 Å². The molecule has 0 aromatic carbocycles. The molecule has 9 nitrogen and oxygen atoms in total. The summed E-state index contributed by atoms with van der Waals surface area (Å²) in [5.74, 6) is -1.24. The van der Waals surface area contributed by atoms with Crippen molar-refractivity contribution in [2.24, 2.45) is 10.7 Å². The smallest absolute Gasteiger partial charge is 0.408 e. The Bertz CT molecular complexity index is 467. The number of amides is 2. The van der Waals surface area contributed by atoms with Crippen molar-refractivity contribution in [1.29, 1.82) is 0 Å². The Morgan fingerprint density at radius 3 is 2.38 bits per heavy atom. The summed E-state index contributed by atoms with van der Waals surface area (Å²) in [4.78, 5) is 38.4. The molecule has 1 atom stereocenters. The first kappa shape index (κ1) is 21.7. The predicted octanol–water partition coefficient (Wildman–Crippen LogP) is 0.628. The summed E-state index contributed by atoms with van der Waals surface area (Å²) >= 11 is 0. The molecule has 1 unspecified atom stereocenters. The fourth-order valence-corrected chi connectivity index (χ4v) is 1.72. The number of ether oxygens (including phenoxy) is 1. The van der Waals surface area contributed by atoms with Gasteiger partial charge in [0.15, 0.2) is 0 Å². The number of unbranched alkanes of at least 4 members (excludes halogenated alkanes) is 1. The van der Waals surface area contributed by atoms with Crippen LogP contribution in [-0.2, 0) is 14.3 Å². The predicted molar refractivity (Wildman–Crippen MR) is 89.8 cm³/mol. The number of hydrogen-bond acceptors (Lipinski definition) is 5. The molecule has 0 saturated heterocycles. The largest absolute Gasteiger partial charge is 0.480 e. The molecule has 0 aromatic rings. The highest BCUT2D eigenvalue weighted by molar-refractivity contribution is 5.87. The minimum Gasteiger partial charge on any atom is -0.480 e. The maximum Gasteiger partial charge on any atom is 0.408 e. The number of hydrogen-bond donors (Lipinski definition) is 4. The lowest BCUT2D eigenvalue weighted by atomic mass is 10.1. The third kappa shape index (κ3) is 12.2. The Hall–Kier alpha value is -2.32. The molecule has 0 spiro atoms. The van der Waals surface area contributed by atoms with Crippen LogP contribution in [0.1, 0.15) is 47.0 Å². The van der Waals surface area contributed by atoms with E-state index < -0.39 is 36.2 Å². The molecule has 138 valence electrons. The summed E-state index contributed by atoms with van der Waals surface area (Å²) in [5.41, 5.74) is 4.74. The maximum absolute atomic E-state index is 12.0. The van der Waals surface area contributed by atoms with Gasteiger partial charge >= 0.3 is 12.1 Å². The minimum absolute atomic E-state index is 0.337. The summed E-state index contributed by atoms with van der Waals surface area (Å²) in [6, 6.07) is -0.873. The summed E-state index contributed by atoms with van der Waals surface area (Å²) < 4.78 is 5.12. The molecule has 9 heteroatoms. The van der Waals surface area contributed by atoms with Gasteiger partial charge in [0.05, 0.1) is 5.84 Å². The zero-order valence-corrected chi connectivity index (χ0v) is 14.7. The first-order valence-electron chi connectivity index (χ1n) is 7.77. The molecule has 0 radical (unpaired) electrons. The van der Waals surface area contributed by atoms with Crippen molar-refractivity contribution in [3.63, 3.8) is 0 Å². The van der Waals surface area contributed by atoms with Gasteiger partial charge in [0.1, 0.15) is 18.2 Å². The highest BCUT2D eigenvalue weighted by Crippen LogP contribution is 2.08. The SMILES string of the molecule is CC(N)=NCCCCC(NC(=O)OC(C)(C)C)C(=O)NCC(=O)O. The number of alkyl carbamates (subject to hydrolysis) is 1. The molecule has 5 N–H and O–H groups in total. The maximum atomic E-state index is 12.0. The minimum atomic E-state index is -1.16. The molecule has 0 aromatic heterocycles. The highest BCUT2D eigenvalue weighted by atomic mass is 16.6. The normalized spacial score (nSPS) is 13.1. The lowest BCUT2D eigenvalue weighted by molar-refractivity contribution is -0.138. The van der Waals surface area contributed by atoms with Crippen LogP contribution in [0.15, 0.2) is 4.99 Å². The molecule has 0 bridgehead atoms. The molecule has 0 aliphatic carbocycles. The molecule has 0 rings (SSSR count). The highest BCUT2D eigenvalue weighted by Gasteiger charge is 2.24. The molecular weight excluding hydrogens is 316 g/mol. The van der Waals surface area contributed by atoms with E-state index in [1.165, 1.54) is 0 Å². The average molecular weight is 344 g/mol. The summed E-state index contributed by atoms with van der Waals surface area (Å²) in [5, 5.41) is 13.3. The van der Waals surface area contributed by atoms with Crippen LogP contribution in [0, 0.1) is 0 Å². The monoisotopic (exact) mass is 344 g/mol. The quantitative estimate of drug-likeness (QED) is 0.274. The Balaban J connectivity index is 4.58. The van der Waals surface area contributed by atoms with Crippen molar-refractivity contribution in [3.8, 4) is 0 Å². The van der Waals surface area contributed by atoms with Crippen LogP contribution in [0.2, 0.25) is 0 Å². The van der Waals surface area contributed by atoms with Crippen LogP contribution in [0.5, 0.6) is 0 Å². The number of carbonyl (C=O) groups excluding carboxylic acids is 2. The van der Waals surface area contributed by atoms with E-state index in [0.29, 0.717) is 31.6 Å². The third-order valence-corrected chi connectivity index (χ3v) is 2.68. The second kappa shape index (κ2) is 10.5.